The molecular formula is C19H25NO5. The Morgan fingerprint density at radius 2 is 1.60 bits per heavy atom. The van der Waals surface area contributed by atoms with Gasteiger partial charge in [0.05, 0.1) is 5.92 Å². The first-order valence-corrected chi connectivity index (χ1v) is 8.68. The lowest BCUT2D eigenvalue weighted by molar-refractivity contribution is -0.134. The zero-order valence-electron chi connectivity index (χ0n) is 15.0. The highest BCUT2D eigenvalue weighted by Crippen LogP contribution is 2.32. The van der Waals surface area contributed by atoms with Crippen molar-refractivity contribution in [3.63, 3.8) is 0 Å². The smallest absolute Gasteiger partial charge is 0.308 e. The van der Waals surface area contributed by atoms with E-state index in [2.05, 4.69) is 5.32 Å². The van der Waals surface area contributed by atoms with Crippen LogP contribution in [0.1, 0.15) is 64.4 Å². The molecule has 1 fully saturated rings. The van der Waals surface area contributed by atoms with Gasteiger partial charge in [-0.15, -0.1) is 0 Å². The van der Waals surface area contributed by atoms with Gasteiger partial charge in [-0.2, -0.15) is 0 Å². The molecule has 2 rings (SSSR count). The van der Waals surface area contributed by atoms with Gasteiger partial charge in [0.25, 0.3) is 0 Å². The number of ether oxygens (including phenoxy) is 2. The van der Waals surface area contributed by atoms with E-state index in [1.807, 2.05) is 0 Å². The van der Waals surface area contributed by atoms with Gasteiger partial charge in [0.15, 0.2) is 11.5 Å². The molecule has 1 N–H and O–H groups in total. The second-order valence-corrected chi connectivity index (χ2v) is 6.46. The van der Waals surface area contributed by atoms with Gasteiger partial charge in [-0.1, -0.05) is 25.3 Å². The highest BCUT2D eigenvalue weighted by Gasteiger charge is 2.22. The standard InChI is InChI=1S/C19H25NO5/c1-12(19(23)20-16-7-5-4-6-8-16)15-9-10-17(24-13(2)21)18(11-15)25-14(3)22/h9-12,16H,4-8H2,1-3H3,(H,20,23). The molecule has 0 bridgehead atoms. The molecule has 1 aromatic carbocycles. The molecule has 1 aliphatic carbocycles. The van der Waals surface area contributed by atoms with Gasteiger partial charge >= 0.3 is 11.9 Å². The third kappa shape index (κ3) is 5.59. The van der Waals surface area contributed by atoms with Crippen molar-refractivity contribution in [1.82, 2.24) is 5.32 Å². The van der Waals surface area contributed by atoms with Crippen molar-refractivity contribution in [3.8, 4) is 11.5 Å². The van der Waals surface area contributed by atoms with Gasteiger partial charge in [-0.3, -0.25) is 14.4 Å². The molecule has 1 amide bonds. The Morgan fingerprint density at radius 1 is 1.00 bits per heavy atom. The number of nitrogens with one attached hydrogen (secondary N) is 1. The quantitative estimate of drug-likeness (QED) is 0.654. The maximum absolute atomic E-state index is 12.5. The van der Waals surface area contributed by atoms with Crippen molar-refractivity contribution >= 4 is 17.8 Å². The van der Waals surface area contributed by atoms with E-state index < -0.39 is 17.9 Å². The molecule has 0 radical (unpaired) electrons. The first kappa shape index (κ1) is 19.0. The maximum atomic E-state index is 12.5. The largest absolute Gasteiger partial charge is 0.423 e. The fourth-order valence-corrected chi connectivity index (χ4v) is 2.99. The summed E-state index contributed by atoms with van der Waals surface area (Å²) in [6.07, 6.45) is 5.55. The average molecular weight is 347 g/mol. The minimum atomic E-state index is -0.523. The van der Waals surface area contributed by atoms with Crippen LogP contribution in [-0.4, -0.2) is 23.9 Å². The number of carbonyl (C=O) groups is 3. The van der Waals surface area contributed by atoms with Crippen LogP contribution in [-0.2, 0) is 14.4 Å². The van der Waals surface area contributed by atoms with E-state index in [9.17, 15) is 14.4 Å². The number of hydrogen-bond donors (Lipinski definition) is 1. The minimum absolute atomic E-state index is 0.0547. The minimum Gasteiger partial charge on any atom is -0.423 e. The number of benzene rings is 1. The Balaban J connectivity index is 2.14. The lowest BCUT2D eigenvalue weighted by atomic mass is 9.94. The topological polar surface area (TPSA) is 81.7 Å². The van der Waals surface area contributed by atoms with Crippen LogP contribution in [0.2, 0.25) is 0 Å². The van der Waals surface area contributed by atoms with E-state index in [1.54, 1.807) is 25.1 Å². The fourth-order valence-electron chi connectivity index (χ4n) is 2.99. The molecular weight excluding hydrogens is 322 g/mol. The molecule has 1 atom stereocenters. The molecule has 0 spiro atoms. The van der Waals surface area contributed by atoms with Gasteiger partial charge in [0, 0.05) is 19.9 Å². The van der Waals surface area contributed by atoms with Gasteiger partial charge in [-0.05, 0) is 37.5 Å². The normalized spacial score (nSPS) is 16.0. The van der Waals surface area contributed by atoms with Crippen LogP contribution in [0, 0.1) is 0 Å². The Bertz CT molecular complexity index is 649. The molecule has 136 valence electrons. The Kier molecular flexibility index (Phi) is 6.56. The third-order valence-electron chi connectivity index (χ3n) is 4.32. The van der Waals surface area contributed by atoms with E-state index in [-0.39, 0.29) is 23.4 Å². The molecule has 1 unspecified atom stereocenters. The van der Waals surface area contributed by atoms with Gasteiger partial charge in [0.1, 0.15) is 0 Å². The summed E-state index contributed by atoms with van der Waals surface area (Å²) in [5.74, 6) is -1.19. The van der Waals surface area contributed by atoms with Crippen LogP contribution in [0.3, 0.4) is 0 Å². The number of hydrogen-bond acceptors (Lipinski definition) is 5. The lowest BCUT2D eigenvalue weighted by Crippen LogP contribution is -2.38. The van der Waals surface area contributed by atoms with Crippen LogP contribution in [0.15, 0.2) is 18.2 Å². The molecule has 6 heteroatoms. The zero-order valence-corrected chi connectivity index (χ0v) is 15.0. The van der Waals surface area contributed by atoms with Crippen LogP contribution >= 0.6 is 0 Å². The van der Waals surface area contributed by atoms with Crippen LogP contribution in [0.25, 0.3) is 0 Å². The lowest BCUT2D eigenvalue weighted by Gasteiger charge is -2.24. The highest BCUT2D eigenvalue weighted by molar-refractivity contribution is 5.84. The molecule has 0 aromatic heterocycles. The molecule has 0 saturated heterocycles. The summed E-state index contributed by atoms with van der Waals surface area (Å²) in [5.41, 5.74) is 0.695. The van der Waals surface area contributed by atoms with Crippen LogP contribution in [0.4, 0.5) is 0 Å². The molecule has 25 heavy (non-hydrogen) atoms. The van der Waals surface area contributed by atoms with Gasteiger partial charge in [-0.25, -0.2) is 0 Å². The summed E-state index contributed by atoms with van der Waals surface area (Å²) in [7, 11) is 0. The second-order valence-electron chi connectivity index (χ2n) is 6.46. The molecule has 0 aliphatic heterocycles. The first-order chi connectivity index (χ1) is 11.9. The van der Waals surface area contributed by atoms with Crippen molar-refractivity contribution < 1.29 is 23.9 Å². The van der Waals surface area contributed by atoms with E-state index in [1.165, 1.54) is 20.3 Å². The van der Waals surface area contributed by atoms with Crippen molar-refractivity contribution in [3.05, 3.63) is 23.8 Å². The molecule has 0 heterocycles. The predicted molar refractivity (Wildman–Crippen MR) is 92.5 cm³/mol. The van der Waals surface area contributed by atoms with Gasteiger partial charge in [0.2, 0.25) is 5.91 Å². The zero-order chi connectivity index (χ0) is 18.4. The number of amides is 1. The Morgan fingerprint density at radius 3 is 2.20 bits per heavy atom. The molecule has 1 aromatic rings. The monoisotopic (exact) mass is 347 g/mol. The Hall–Kier alpha value is -2.37. The highest BCUT2D eigenvalue weighted by atomic mass is 16.6. The SMILES string of the molecule is CC(=O)Oc1ccc(C(C)C(=O)NC2CCCCC2)cc1OC(C)=O. The summed E-state index contributed by atoms with van der Waals surface area (Å²) in [4.78, 5) is 35.0. The van der Waals surface area contributed by atoms with Crippen LogP contribution in [0.5, 0.6) is 11.5 Å². The van der Waals surface area contributed by atoms with Crippen molar-refractivity contribution in [2.75, 3.05) is 0 Å². The molecule has 1 saturated carbocycles. The van der Waals surface area contributed by atoms with E-state index in [0.717, 1.165) is 25.7 Å². The van der Waals surface area contributed by atoms with E-state index in [0.29, 0.717) is 5.56 Å². The van der Waals surface area contributed by atoms with E-state index >= 15 is 0 Å². The molecule has 6 nitrogen and oxygen atoms in total. The summed E-state index contributed by atoms with van der Waals surface area (Å²) in [5, 5.41) is 3.09. The maximum Gasteiger partial charge on any atom is 0.308 e. The average Bonchev–Trinajstić information content (AvgIpc) is 2.55. The summed E-state index contributed by atoms with van der Waals surface area (Å²) in [6, 6.07) is 5.05. The third-order valence-corrected chi connectivity index (χ3v) is 4.32. The fraction of sp³-hybridized carbons (Fsp3) is 0.526. The van der Waals surface area contributed by atoms with E-state index in [4.69, 9.17) is 9.47 Å². The van der Waals surface area contributed by atoms with Crippen molar-refractivity contribution in [2.24, 2.45) is 0 Å². The number of rotatable bonds is 5. The predicted octanol–water partition coefficient (Wildman–Crippen LogP) is 3.09. The Labute approximate surface area is 147 Å². The molecule has 1 aliphatic rings. The first-order valence-electron chi connectivity index (χ1n) is 8.68. The second kappa shape index (κ2) is 8.65. The van der Waals surface area contributed by atoms with Crippen molar-refractivity contribution in [2.45, 2.75) is 64.8 Å². The van der Waals surface area contributed by atoms with Crippen LogP contribution < -0.4 is 14.8 Å². The van der Waals surface area contributed by atoms with Crippen molar-refractivity contribution in [1.29, 1.82) is 0 Å². The number of esters is 2. The summed E-state index contributed by atoms with van der Waals surface area (Å²) < 4.78 is 10.2. The number of carbonyl (C=O) groups excluding carboxylic acids is 3. The summed E-state index contributed by atoms with van der Waals surface area (Å²) >= 11 is 0. The van der Waals surface area contributed by atoms with Gasteiger partial charge < -0.3 is 14.8 Å². The summed E-state index contributed by atoms with van der Waals surface area (Å²) in [6.45, 7) is 4.34.